The van der Waals surface area contributed by atoms with Gasteiger partial charge in [-0.3, -0.25) is 9.59 Å². The van der Waals surface area contributed by atoms with Crippen LogP contribution in [0.25, 0.3) is 16.6 Å². The Morgan fingerprint density at radius 2 is 1.46 bits per heavy atom. The van der Waals surface area contributed by atoms with Crippen molar-refractivity contribution in [3.8, 4) is 5.69 Å². The summed E-state index contributed by atoms with van der Waals surface area (Å²) in [6.45, 7) is 0. The topological polar surface area (TPSA) is 64.0 Å². The van der Waals surface area contributed by atoms with Gasteiger partial charge in [-0.25, -0.2) is 13.5 Å². The van der Waals surface area contributed by atoms with Crippen LogP contribution in [-0.2, 0) is 0 Å². The number of hydrogen-bond acceptors (Lipinski definition) is 3. The number of anilines is 1. The standard InChI is InChI=1S/C21H13F2N3O2/c22-13-5-9-15(10-6-13)24-21(28)19-20(27)17-3-1-2-4-18(17)26(25-19)16-11-7-14(23)8-12-16/h1-12H,(H,24,28). The number of aromatic nitrogens is 2. The van der Waals surface area contributed by atoms with Crippen molar-refractivity contribution in [3.05, 3.63) is 100 Å². The van der Waals surface area contributed by atoms with E-state index in [1.165, 1.54) is 53.2 Å². The molecular weight excluding hydrogens is 364 g/mol. The van der Waals surface area contributed by atoms with Crippen LogP contribution in [0.15, 0.2) is 77.6 Å². The lowest BCUT2D eigenvalue weighted by Crippen LogP contribution is -2.26. The molecule has 28 heavy (non-hydrogen) atoms. The minimum Gasteiger partial charge on any atom is -0.320 e. The van der Waals surface area contributed by atoms with Crippen molar-refractivity contribution in [2.24, 2.45) is 0 Å². The van der Waals surface area contributed by atoms with Crippen LogP contribution in [0.1, 0.15) is 10.5 Å². The van der Waals surface area contributed by atoms with Gasteiger partial charge in [-0.2, -0.15) is 5.10 Å². The van der Waals surface area contributed by atoms with E-state index in [1.54, 1.807) is 24.3 Å². The van der Waals surface area contributed by atoms with Gasteiger partial charge >= 0.3 is 0 Å². The SMILES string of the molecule is O=C(Nc1ccc(F)cc1)c1nn(-c2ccc(F)cc2)c2ccccc2c1=O. The maximum Gasteiger partial charge on any atom is 0.280 e. The van der Waals surface area contributed by atoms with Gasteiger partial charge in [0.2, 0.25) is 5.43 Å². The number of amides is 1. The summed E-state index contributed by atoms with van der Waals surface area (Å²) in [6, 6.07) is 17.4. The van der Waals surface area contributed by atoms with Crippen LogP contribution < -0.4 is 10.7 Å². The normalized spacial score (nSPS) is 10.8. The van der Waals surface area contributed by atoms with Gasteiger partial charge in [0.1, 0.15) is 11.6 Å². The minimum absolute atomic E-state index is 0.297. The van der Waals surface area contributed by atoms with Crippen molar-refractivity contribution in [1.29, 1.82) is 0 Å². The molecule has 0 aliphatic carbocycles. The largest absolute Gasteiger partial charge is 0.320 e. The highest BCUT2D eigenvalue weighted by Gasteiger charge is 2.18. The molecule has 0 fully saturated rings. The smallest absolute Gasteiger partial charge is 0.280 e. The Labute approximate surface area is 157 Å². The van der Waals surface area contributed by atoms with Gasteiger partial charge in [0.05, 0.1) is 16.6 Å². The molecule has 3 aromatic carbocycles. The summed E-state index contributed by atoms with van der Waals surface area (Å²) in [4.78, 5) is 25.5. The molecule has 5 nitrogen and oxygen atoms in total. The number of rotatable bonds is 3. The molecule has 7 heteroatoms. The second kappa shape index (κ2) is 7.03. The first kappa shape index (κ1) is 17.5. The van der Waals surface area contributed by atoms with E-state index < -0.39 is 23.0 Å². The molecule has 0 saturated heterocycles. The number of nitrogens with one attached hydrogen (secondary N) is 1. The fraction of sp³-hybridized carbons (Fsp3) is 0. The molecule has 4 rings (SSSR count). The summed E-state index contributed by atoms with van der Waals surface area (Å²) in [6.07, 6.45) is 0. The first-order chi connectivity index (χ1) is 13.5. The molecule has 0 bridgehead atoms. The van der Waals surface area contributed by atoms with Crippen LogP contribution >= 0.6 is 0 Å². The predicted molar refractivity (Wildman–Crippen MR) is 102 cm³/mol. The zero-order valence-corrected chi connectivity index (χ0v) is 14.4. The van der Waals surface area contributed by atoms with Gasteiger partial charge in [0.15, 0.2) is 5.69 Å². The molecule has 0 saturated carbocycles. The maximum atomic E-state index is 13.3. The molecule has 0 aliphatic rings. The number of carbonyl (C=O) groups is 1. The van der Waals surface area contributed by atoms with Crippen LogP contribution in [0.3, 0.4) is 0 Å². The Hall–Kier alpha value is -3.87. The van der Waals surface area contributed by atoms with Crippen LogP contribution in [0.4, 0.5) is 14.5 Å². The Bertz CT molecular complexity index is 1230. The van der Waals surface area contributed by atoms with Gasteiger partial charge < -0.3 is 5.32 Å². The van der Waals surface area contributed by atoms with Gasteiger partial charge in [-0.05, 0) is 60.7 Å². The highest BCUT2D eigenvalue weighted by molar-refractivity contribution is 6.04. The second-order valence-corrected chi connectivity index (χ2v) is 6.04. The number of carbonyl (C=O) groups excluding carboxylic acids is 1. The summed E-state index contributed by atoms with van der Waals surface area (Å²) >= 11 is 0. The molecule has 1 amide bonds. The zero-order valence-electron chi connectivity index (χ0n) is 14.4. The van der Waals surface area contributed by atoms with Crippen LogP contribution in [0.2, 0.25) is 0 Å². The van der Waals surface area contributed by atoms with Gasteiger partial charge in [0, 0.05) is 5.69 Å². The average Bonchev–Trinajstić information content (AvgIpc) is 2.71. The lowest BCUT2D eigenvalue weighted by atomic mass is 10.2. The van der Waals surface area contributed by atoms with Crippen molar-refractivity contribution in [2.75, 3.05) is 5.32 Å². The summed E-state index contributed by atoms with van der Waals surface area (Å²) in [7, 11) is 0. The van der Waals surface area contributed by atoms with E-state index in [1.807, 2.05) is 0 Å². The Kier molecular flexibility index (Phi) is 4.41. The van der Waals surface area contributed by atoms with E-state index in [0.717, 1.165) is 0 Å². The summed E-state index contributed by atoms with van der Waals surface area (Å²) < 4.78 is 27.8. The van der Waals surface area contributed by atoms with Crippen LogP contribution in [0.5, 0.6) is 0 Å². The third kappa shape index (κ3) is 3.25. The number of para-hydroxylation sites is 1. The van der Waals surface area contributed by atoms with Gasteiger partial charge in [-0.15, -0.1) is 0 Å². The highest BCUT2D eigenvalue weighted by Crippen LogP contribution is 2.17. The number of fused-ring (bicyclic) bond motifs is 1. The minimum atomic E-state index is -0.724. The Morgan fingerprint density at radius 1 is 0.857 bits per heavy atom. The fourth-order valence-electron chi connectivity index (χ4n) is 2.83. The van der Waals surface area contributed by atoms with Crippen molar-refractivity contribution in [2.45, 2.75) is 0 Å². The zero-order chi connectivity index (χ0) is 19.7. The molecule has 138 valence electrons. The number of nitrogens with zero attached hydrogens (tertiary/aromatic N) is 2. The van der Waals surface area contributed by atoms with Crippen molar-refractivity contribution in [1.82, 2.24) is 9.78 Å². The summed E-state index contributed by atoms with van der Waals surface area (Å²) in [5.41, 5.74) is 0.445. The predicted octanol–water partition coefficient (Wildman–Crippen LogP) is 3.92. The third-order valence-electron chi connectivity index (χ3n) is 4.18. The molecule has 0 spiro atoms. The molecule has 1 aromatic heterocycles. The molecule has 1 N–H and O–H groups in total. The quantitative estimate of drug-likeness (QED) is 0.589. The molecule has 0 atom stereocenters. The third-order valence-corrected chi connectivity index (χ3v) is 4.18. The molecule has 4 aromatic rings. The van der Waals surface area contributed by atoms with E-state index in [2.05, 4.69) is 10.4 Å². The molecule has 0 radical (unpaired) electrons. The Morgan fingerprint density at radius 3 is 2.14 bits per heavy atom. The van der Waals surface area contributed by atoms with E-state index in [0.29, 0.717) is 22.3 Å². The lowest BCUT2D eigenvalue weighted by Gasteiger charge is -2.12. The number of hydrogen-bond donors (Lipinski definition) is 1. The van der Waals surface area contributed by atoms with Gasteiger partial charge in [-0.1, -0.05) is 12.1 Å². The van der Waals surface area contributed by atoms with E-state index >= 15 is 0 Å². The first-order valence-corrected chi connectivity index (χ1v) is 8.38. The average molecular weight is 377 g/mol. The van der Waals surface area contributed by atoms with Crippen molar-refractivity contribution in [3.63, 3.8) is 0 Å². The lowest BCUT2D eigenvalue weighted by molar-refractivity contribution is 0.102. The summed E-state index contributed by atoms with van der Waals surface area (Å²) in [5, 5.41) is 7.04. The first-order valence-electron chi connectivity index (χ1n) is 8.38. The maximum absolute atomic E-state index is 13.3. The van der Waals surface area contributed by atoms with E-state index in [9.17, 15) is 18.4 Å². The molecule has 0 aliphatic heterocycles. The van der Waals surface area contributed by atoms with E-state index in [4.69, 9.17) is 0 Å². The van der Waals surface area contributed by atoms with Gasteiger partial charge in [0.25, 0.3) is 5.91 Å². The fourth-order valence-corrected chi connectivity index (χ4v) is 2.83. The number of halogens is 2. The number of benzene rings is 3. The van der Waals surface area contributed by atoms with Crippen LogP contribution in [-0.4, -0.2) is 15.7 Å². The highest BCUT2D eigenvalue weighted by atomic mass is 19.1. The van der Waals surface area contributed by atoms with Crippen LogP contribution in [0, 0.1) is 11.6 Å². The molecule has 0 unspecified atom stereocenters. The van der Waals surface area contributed by atoms with Crippen molar-refractivity contribution < 1.29 is 13.6 Å². The summed E-state index contributed by atoms with van der Waals surface area (Å²) in [5.74, 6) is -1.58. The van der Waals surface area contributed by atoms with E-state index in [-0.39, 0.29) is 5.69 Å². The molecular formula is C21H13F2N3O2. The molecule has 1 heterocycles. The monoisotopic (exact) mass is 377 g/mol. The second-order valence-electron chi connectivity index (χ2n) is 6.04. The van der Waals surface area contributed by atoms with Crippen molar-refractivity contribution >= 4 is 22.5 Å². The Balaban J connectivity index is 1.85.